The number of aromatic nitrogens is 1. The third kappa shape index (κ3) is 5.05. The van der Waals surface area contributed by atoms with Crippen molar-refractivity contribution in [1.82, 2.24) is 10.1 Å². The maximum atomic E-state index is 13.5. The molecule has 0 bridgehead atoms. The number of fused-ring (bicyclic) bond motifs is 2. The van der Waals surface area contributed by atoms with Crippen LogP contribution < -0.4 is 10.4 Å². The van der Waals surface area contributed by atoms with Crippen LogP contribution in [0.4, 0.5) is 4.39 Å². The van der Waals surface area contributed by atoms with Gasteiger partial charge in [-0.25, -0.2) is 9.18 Å². The number of β-amino-alcohol motifs (C(OH)–C–C–N with tert-alkyl or cyclic N) is 1. The van der Waals surface area contributed by atoms with Crippen molar-refractivity contribution in [2.45, 2.75) is 24.9 Å². The minimum absolute atomic E-state index is 0.119. The van der Waals surface area contributed by atoms with Crippen LogP contribution in [0, 0.1) is 5.82 Å². The molecule has 1 saturated heterocycles. The number of nitrogens with zero attached hydrogens (tertiary/aromatic N) is 2. The van der Waals surface area contributed by atoms with Crippen molar-refractivity contribution in [3.8, 4) is 16.9 Å². The number of likely N-dealkylation sites (tertiary alicyclic amines) is 1. The Hall–Kier alpha value is -4.01. The average molecular weight is 515 g/mol. The normalized spacial score (nSPS) is 15.7. The molecule has 1 aliphatic heterocycles. The maximum Gasteiger partial charge on any atom is 0.336 e. The van der Waals surface area contributed by atoms with E-state index in [0.29, 0.717) is 23.5 Å². The van der Waals surface area contributed by atoms with E-state index in [2.05, 4.69) is 10.1 Å². The maximum absolute atomic E-state index is 13.5. The van der Waals surface area contributed by atoms with Gasteiger partial charge in [-0.05, 0) is 61.3 Å². The van der Waals surface area contributed by atoms with E-state index < -0.39 is 11.7 Å². The molecule has 38 heavy (non-hydrogen) atoms. The zero-order chi connectivity index (χ0) is 26.1. The summed E-state index contributed by atoms with van der Waals surface area (Å²) in [6.07, 6.45) is 1.07. The van der Waals surface area contributed by atoms with Crippen molar-refractivity contribution < 1.29 is 23.2 Å². The third-order valence-corrected chi connectivity index (χ3v) is 7.15. The summed E-state index contributed by atoms with van der Waals surface area (Å²) in [6.45, 7) is 2.22. The van der Waals surface area contributed by atoms with E-state index in [1.165, 1.54) is 18.2 Å². The highest BCUT2D eigenvalue weighted by Gasteiger charge is 2.26. The third-order valence-electron chi connectivity index (χ3n) is 7.15. The Kier molecular flexibility index (Phi) is 6.66. The second kappa shape index (κ2) is 10.4. The molecule has 3 aromatic carbocycles. The van der Waals surface area contributed by atoms with Gasteiger partial charge in [0.2, 0.25) is 0 Å². The summed E-state index contributed by atoms with van der Waals surface area (Å²) in [7, 11) is 0. The molecule has 8 heteroatoms. The lowest BCUT2D eigenvalue weighted by atomic mass is 9.91. The Morgan fingerprint density at radius 1 is 1.00 bits per heavy atom. The van der Waals surface area contributed by atoms with Crippen LogP contribution in [0.3, 0.4) is 0 Å². The van der Waals surface area contributed by atoms with E-state index in [-0.39, 0.29) is 18.3 Å². The first-order valence-electron chi connectivity index (χ1n) is 12.7. The van der Waals surface area contributed by atoms with E-state index >= 15 is 0 Å². The first-order valence-corrected chi connectivity index (χ1v) is 12.7. The average Bonchev–Trinajstić information content (AvgIpc) is 3.35. The van der Waals surface area contributed by atoms with Gasteiger partial charge in [0, 0.05) is 41.4 Å². The van der Waals surface area contributed by atoms with Gasteiger partial charge < -0.3 is 23.7 Å². The topological polar surface area (TPSA) is 88.9 Å². The minimum Gasteiger partial charge on any atom is -0.491 e. The van der Waals surface area contributed by atoms with Crippen LogP contribution in [-0.4, -0.2) is 47.5 Å². The zero-order valence-corrected chi connectivity index (χ0v) is 20.7. The zero-order valence-electron chi connectivity index (χ0n) is 20.7. The van der Waals surface area contributed by atoms with Gasteiger partial charge in [0.1, 0.15) is 29.9 Å². The fourth-order valence-corrected chi connectivity index (χ4v) is 5.25. The lowest BCUT2D eigenvalue weighted by Gasteiger charge is -2.32. The number of hydrogen-bond acceptors (Lipinski definition) is 7. The van der Waals surface area contributed by atoms with Crippen molar-refractivity contribution in [3.63, 3.8) is 0 Å². The van der Waals surface area contributed by atoms with Crippen LogP contribution in [0.25, 0.3) is 33.1 Å². The molecule has 0 radical (unpaired) electrons. The van der Waals surface area contributed by atoms with Crippen molar-refractivity contribution in [1.29, 1.82) is 0 Å². The van der Waals surface area contributed by atoms with Crippen LogP contribution in [0.2, 0.25) is 0 Å². The van der Waals surface area contributed by atoms with E-state index in [9.17, 15) is 14.3 Å². The van der Waals surface area contributed by atoms with Gasteiger partial charge in [-0.1, -0.05) is 35.5 Å². The molecule has 3 heterocycles. The van der Waals surface area contributed by atoms with Gasteiger partial charge in [0.05, 0.1) is 5.69 Å². The van der Waals surface area contributed by atoms with Crippen molar-refractivity contribution in [2.24, 2.45) is 0 Å². The van der Waals surface area contributed by atoms with Crippen molar-refractivity contribution >= 4 is 21.9 Å². The standard InChI is InChI=1S/C30H27FN2O5/c31-21-6-8-25-28(14-21)38-32-30(25)20-10-12-33(13-11-20)17-22(34)18-36-23-7-9-24-26(19-4-2-1-3-5-19)16-29(35)37-27(24)15-23/h1-9,14-16,20,22,34H,10-13,17-18H2. The molecule has 1 atom stereocenters. The molecule has 194 valence electrons. The summed E-state index contributed by atoms with van der Waals surface area (Å²) in [4.78, 5) is 14.4. The van der Waals surface area contributed by atoms with Crippen LogP contribution in [0.1, 0.15) is 24.5 Å². The Balaban J connectivity index is 1.05. The monoisotopic (exact) mass is 514 g/mol. The lowest BCUT2D eigenvalue weighted by molar-refractivity contribution is 0.0592. The van der Waals surface area contributed by atoms with Crippen LogP contribution in [0.5, 0.6) is 5.75 Å². The predicted octanol–water partition coefficient (Wildman–Crippen LogP) is 5.36. The predicted molar refractivity (Wildman–Crippen MR) is 142 cm³/mol. The molecule has 0 saturated carbocycles. The van der Waals surface area contributed by atoms with Gasteiger partial charge in [-0.2, -0.15) is 0 Å². The molecule has 0 spiro atoms. The van der Waals surface area contributed by atoms with E-state index in [1.807, 2.05) is 42.5 Å². The quantitative estimate of drug-likeness (QED) is 0.293. The van der Waals surface area contributed by atoms with Crippen molar-refractivity contribution in [3.05, 3.63) is 94.7 Å². The van der Waals surface area contributed by atoms with Gasteiger partial charge in [-0.3, -0.25) is 0 Å². The number of aliphatic hydroxyl groups excluding tert-OH is 1. The molecule has 2 aromatic heterocycles. The molecule has 1 unspecified atom stereocenters. The first-order chi connectivity index (χ1) is 18.5. The number of benzene rings is 3. The highest BCUT2D eigenvalue weighted by Crippen LogP contribution is 2.33. The molecule has 1 N–H and O–H groups in total. The van der Waals surface area contributed by atoms with Gasteiger partial charge in [0.15, 0.2) is 5.58 Å². The second-order valence-electron chi connectivity index (χ2n) is 9.75. The lowest BCUT2D eigenvalue weighted by Crippen LogP contribution is -2.40. The van der Waals surface area contributed by atoms with Gasteiger partial charge >= 0.3 is 5.63 Å². The highest BCUT2D eigenvalue weighted by molar-refractivity contribution is 5.93. The second-order valence-corrected chi connectivity index (χ2v) is 9.75. The SMILES string of the molecule is O=c1cc(-c2ccccc2)c2ccc(OCC(O)CN3CCC(c4noc5cc(F)ccc45)CC3)cc2o1. The summed E-state index contributed by atoms with van der Waals surface area (Å²) in [5, 5.41) is 16.5. The minimum atomic E-state index is -0.680. The number of hydrogen-bond donors (Lipinski definition) is 1. The van der Waals surface area contributed by atoms with Crippen molar-refractivity contribution in [2.75, 3.05) is 26.2 Å². The van der Waals surface area contributed by atoms with Gasteiger partial charge in [0.25, 0.3) is 0 Å². The summed E-state index contributed by atoms with van der Waals surface area (Å²) in [6, 6.07) is 21.1. The Morgan fingerprint density at radius 2 is 1.79 bits per heavy atom. The largest absolute Gasteiger partial charge is 0.491 e. The summed E-state index contributed by atoms with van der Waals surface area (Å²) >= 11 is 0. The van der Waals surface area contributed by atoms with E-state index in [4.69, 9.17) is 13.7 Å². The number of rotatable bonds is 7. The number of halogens is 1. The molecular weight excluding hydrogens is 487 g/mol. The summed E-state index contributed by atoms with van der Waals surface area (Å²) in [5.74, 6) is 0.425. The molecule has 5 aromatic rings. The molecule has 6 rings (SSSR count). The first kappa shape index (κ1) is 24.3. The molecule has 0 aliphatic carbocycles. The number of piperidine rings is 1. The number of ether oxygens (including phenoxy) is 1. The van der Waals surface area contributed by atoms with Crippen LogP contribution in [-0.2, 0) is 0 Å². The van der Waals surface area contributed by atoms with Crippen LogP contribution >= 0.6 is 0 Å². The molecule has 1 aliphatic rings. The van der Waals surface area contributed by atoms with Crippen LogP contribution in [0.15, 0.2) is 86.5 Å². The Morgan fingerprint density at radius 3 is 2.61 bits per heavy atom. The van der Waals surface area contributed by atoms with Gasteiger partial charge in [-0.15, -0.1) is 0 Å². The number of aliphatic hydroxyl groups is 1. The highest BCUT2D eigenvalue weighted by atomic mass is 19.1. The summed E-state index contributed by atoms with van der Waals surface area (Å²) in [5.41, 5.74) is 3.10. The molecule has 0 amide bonds. The summed E-state index contributed by atoms with van der Waals surface area (Å²) < 4.78 is 30.1. The molecule has 1 fully saturated rings. The molecule has 7 nitrogen and oxygen atoms in total. The fourth-order valence-electron chi connectivity index (χ4n) is 5.25. The van der Waals surface area contributed by atoms with E-state index in [0.717, 1.165) is 53.5 Å². The Bertz CT molecular complexity index is 1620. The smallest absolute Gasteiger partial charge is 0.336 e. The molecular formula is C30H27FN2O5. The Labute approximate surface area is 218 Å². The van der Waals surface area contributed by atoms with E-state index in [1.54, 1.807) is 12.1 Å². The fraction of sp³-hybridized carbons (Fsp3) is 0.267.